The van der Waals surface area contributed by atoms with E-state index in [9.17, 15) is 0 Å². The smallest absolute Gasteiger partial charge is 0.0888 e. The van der Waals surface area contributed by atoms with Crippen LogP contribution in [-0.4, -0.2) is 24.9 Å². The minimum Gasteiger partial charge on any atom is -0.374 e. The lowest BCUT2D eigenvalue weighted by molar-refractivity contribution is -0.232. The lowest BCUT2D eigenvalue weighted by Gasteiger charge is -2.50. The first-order chi connectivity index (χ1) is 10.8. The number of aryl methyl sites for hydroxylation is 2. The van der Waals surface area contributed by atoms with Crippen LogP contribution in [0.3, 0.4) is 0 Å². The fraction of sp³-hybridized carbons (Fsp3) is 0.700. The largest absolute Gasteiger partial charge is 0.374 e. The molecule has 0 saturated carbocycles. The summed E-state index contributed by atoms with van der Waals surface area (Å²) in [6, 6.07) is 4.50. The SMILES string of the molecule is Cc1cc2c(cc1C)COC1[C@H](C)C(C)OC(COC2)C1(C)C. The number of rotatable bonds is 0. The summed E-state index contributed by atoms with van der Waals surface area (Å²) in [4.78, 5) is 0. The van der Waals surface area contributed by atoms with Gasteiger partial charge in [-0.05, 0) is 43.0 Å². The van der Waals surface area contributed by atoms with Gasteiger partial charge in [0.15, 0.2) is 0 Å². The summed E-state index contributed by atoms with van der Waals surface area (Å²) >= 11 is 0. The zero-order valence-electron chi connectivity index (χ0n) is 15.3. The first-order valence-electron chi connectivity index (χ1n) is 8.74. The third kappa shape index (κ3) is 3.07. The summed E-state index contributed by atoms with van der Waals surface area (Å²) in [5, 5.41) is 0. The maximum atomic E-state index is 6.47. The van der Waals surface area contributed by atoms with Crippen molar-refractivity contribution in [1.29, 1.82) is 0 Å². The van der Waals surface area contributed by atoms with Crippen molar-refractivity contribution in [3.8, 4) is 0 Å². The number of hydrogen-bond donors (Lipinski definition) is 0. The topological polar surface area (TPSA) is 27.7 Å². The molecule has 1 aromatic rings. The van der Waals surface area contributed by atoms with E-state index in [-0.39, 0.29) is 23.7 Å². The van der Waals surface area contributed by atoms with Gasteiger partial charge in [-0.2, -0.15) is 0 Å². The summed E-state index contributed by atoms with van der Waals surface area (Å²) in [6.45, 7) is 15.1. The Morgan fingerprint density at radius 1 is 1.00 bits per heavy atom. The summed E-state index contributed by atoms with van der Waals surface area (Å²) in [6.07, 6.45) is 0.444. The van der Waals surface area contributed by atoms with Gasteiger partial charge in [0.25, 0.3) is 0 Å². The summed E-state index contributed by atoms with van der Waals surface area (Å²) in [5.74, 6) is 0.371. The highest BCUT2D eigenvalue weighted by Crippen LogP contribution is 2.42. The predicted octanol–water partition coefficient (Wildman–Crippen LogP) is 4.17. The molecule has 2 aliphatic rings. The van der Waals surface area contributed by atoms with Crippen molar-refractivity contribution in [2.75, 3.05) is 6.61 Å². The van der Waals surface area contributed by atoms with Crippen molar-refractivity contribution in [2.24, 2.45) is 11.3 Å². The van der Waals surface area contributed by atoms with Crippen LogP contribution in [0.25, 0.3) is 0 Å². The number of fused-ring (bicyclic) bond motifs is 3. The fourth-order valence-electron chi connectivity index (χ4n) is 3.95. The zero-order valence-corrected chi connectivity index (χ0v) is 15.3. The molecule has 3 heteroatoms. The first kappa shape index (κ1) is 16.9. The monoisotopic (exact) mass is 318 g/mol. The Kier molecular flexibility index (Phi) is 4.56. The van der Waals surface area contributed by atoms with Gasteiger partial charge >= 0.3 is 0 Å². The molecule has 3 unspecified atom stereocenters. The molecule has 4 atom stereocenters. The molecule has 0 aliphatic carbocycles. The molecule has 1 aromatic carbocycles. The quantitative estimate of drug-likeness (QED) is 0.718. The molecule has 2 bridgehead atoms. The van der Waals surface area contributed by atoms with Crippen LogP contribution in [0.5, 0.6) is 0 Å². The van der Waals surface area contributed by atoms with E-state index in [1.165, 1.54) is 22.3 Å². The number of ether oxygens (including phenoxy) is 3. The van der Waals surface area contributed by atoms with Crippen LogP contribution in [0, 0.1) is 25.2 Å². The van der Waals surface area contributed by atoms with Gasteiger partial charge in [0.05, 0.1) is 38.1 Å². The summed E-state index contributed by atoms with van der Waals surface area (Å²) < 4.78 is 18.8. The highest BCUT2D eigenvalue weighted by molar-refractivity contribution is 5.36. The third-order valence-electron chi connectivity index (χ3n) is 5.92. The second kappa shape index (κ2) is 6.19. The maximum Gasteiger partial charge on any atom is 0.0888 e. The molecule has 1 saturated heterocycles. The van der Waals surface area contributed by atoms with E-state index < -0.39 is 0 Å². The average Bonchev–Trinajstić information content (AvgIpc) is 2.47. The first-order valence-corrected chi connectivity index (χ1v) is 8.74. The molecule has 0 aromatic heterocycles. The van der Waals surface area contributed by atoms with Crippen LogP contribution >= 0.6 is 0 Å². The second-order valence-corrected chi connectivity index (χ2v) is 7.96. The Hall–Kier alpha value is -0.900. The van der Waals surface area contributed by atoms with E-state index >= 15 is 0 Å². The zero-order chi connectivity index (χ0) is 16.8. The Morgan fingerprint density at radius 3 is 2.26 bits per heavy atom. The molecule has 3 rings (SSSR count). The molecule has 128 valence electrons. The van der Waals surface area contributed by atoms with Crippen LogP contribution in [0.2, 0.25) is 0 Å². The van der Waals surface area contributed by atoms with E-state index in [1.807, 2.05) is 0 Å². The summed E-state index contributed by atoms with van der Waals surface area (Å²) in [5.41, 5.74) is 5.07. The molecule has 0 radical (unpaired) electrons. The minimum absolute atomic E-state index is 0.0524. The fourth-order valence-corrected chi connectivity index (χ4v) is 3.95. The molecule has 0 N–H and O–H groups in total. The molecule has 2 heterocycles. The van der Waals surface area contributed by atoms with Gasteiger partial charge in [0.2, 0.25) is 0 Å². The van der Waals surface area contributed by atoms with Gasteiger partial charge in [-0.1, -0.05) is 32.9 Å². The van der Waals surface area contributed by atoms with Crippen LogP contribution in [-0.2, 0) is 27.4 Å². The lowest BCUT2D eigenvalue weighted by atomic mass is 9.71. The van der Waals surface area contributed by atoms with Crippen LogP contribution in [0.15, 0.2) is 12.1 Å². The highest BCUT2D eigenvalue weighted by Gasteiger charge is 2.48. The lowest BCUT2D eigenvalue weighted by Crippen LogP contribution is -2.57. The highest BCUT2D eigenvalue weighted by atomic mass is 16.6. The van der Waals surface area contributed by atoms with Gasteiger partial charge in [-0.3, -0.25) is 0 Å². The minimum atomic E-state index is -0.0524. The molecule has 23 heavy (non-hydrogen) atoms. The van der Waals surface area contributed by atoms with Gasteiger partial charge in [-0.15, -0.1) is 0 Å². The Labute approximate surface area is 140 Å². The van der Waals surface area contributed by atoms with Crippen molar-refractivity contribution in [3.63, 3.8) is 0 Å². The number of hydrogen-bond acceptors (Lipinski definition) is 3. The van der Waals surface area contributed by atoms with Crippen molar-refractivity contribution in [2.45, 2.75) is 73.1 Å². The van der Waals surface area contributed by atoms with E-state index in [0.717, 1.165) is 0 Å². The standard InChI is InChI=1S/C20H30O3/c1-12-7-16-9-21-11-18-20(5,6)19(14(3)15(4)23-18)22-10-17(16)8-13(12)2/h7-8,14-15,18-19H,9-11H2,1-6H3/t14-,15?,18?,19?/m1/s1. The molecule has 3 nitrogen and oxygen atoms in total. The van der Waals surface area contributed by atoms with Crippen molar-refractivity contribution in [3.05, 3.63) is 34.4 Å². The Balaban J connectivity index is 1.95. The average molecular weight is 318 g/mol. The molecular weight excluding hydrogens is 288 g/mol. The predicted molar refractivity (Wildman–Crippen MR) is 91.4 cm³/mol. The van der Waals surface area contributed by atoms with Gasteiger partial charge in [0.1, 0.15) is 0 Å². The van der Waals surface area contributed by atoms with Crippen molar-refractivity contribution >= 4 is 0 Å². The van der Waals surface area contributed by atoms with Gasteiger partial charge in [0, 0.05) is 11.3 Å². The van der Waals surface area contributed by atoms with E-state index in [1.54, 1.807) is 0 Å². The summed E-state index contributed by atoms with van der Waals surface area (Å²) in [7, 11) is 0. The van der Waals surface area contributed by atoms with Gasteiger partial charge < -0.3 is 14.2 Å². The van der Waals surface area contributed by atoms with Crippen molar-refractivity contribution < 1.29 is 14.2 Å². The normalized spacial score (nSPS) is 33.8. The van der Waals surface area contributed by atoms with Gasteiger partial charge in [-0.25, -0.2) is 0 Å². The van der Waals surface area contributed by atoms with E-state index in [0.29, 0.717) is 25.7 Å². The van der Waals surface area contributed by atoms with Crippen LogP contribution in [0.4, 0.5) is 0 Å². The van der Waals surface area contributed by atoms with E-state index in [2.05, 4.69) is 53.7 Å². The van der Waals surface area contributed by atoms with Crippen LogP contribution in [0.1, 0.15) is 49.9 Å². The molecule has 0 spiro atoms. The maximum absolute atomic E-state index is 6.47. The molecule has 2 aliphatic heterocycles. The molecule has 1 fully saturated rings. The van der Waals surface area contributed by atoms with Crippen molar-refractivity contribution in [1.82, 2.24) is 0 Å². The Morgan fingerprint density at radius 2 is 1.61 bits per heavy atom. The second-order valence-electron chi connectivity index (χ2n) is 7.96. The van der Waals surface area contributed by atoms with E-state index in [4.69, 9.17) is 14.2 Å². The molecule has 0 amide bonds. The number of benzene rings is 1. The van der Waals surface area contributed by atoms with Crippen LogP contribution < -0.4 is 0 Å². The molecular formula is C20H30O3. The Bertz CT molecular complexity index is 578. The third-order valence-corrected chi connectivity index (χ3v) is 5.92.